The third-order valence-electron chi connectivity index (χ3n) is 5.66. The molecule has 0 spiro atoms. The van der Waals surface area contributed by atoms with Gasteiger partial charge in [0.05, 0.1) is 18.4 Å². The fourth-order valence-corrected chi connectivity index (χ4v) is 3.83. The summed E-state index contributed by atoms with van der Waals surface area (Å²) in [4.78, 5) is 12.8. The highest BCUT2D eigenvalue weighted by atomic mass is 19.1. The van der Waals surface area contributed by atoms with Crippen molar-refractivity contribution in [3.05, 3.63) is 65.1 Å². The number of carbonyl (C=O) groups excluding carboxylic acids is 1. The van der Waals surface area contributed by atoms with Crippen molar-refractivity contribution in [3.8, 4) is 0 Å². The summed E-state index contributed by atoms with van der Waals surface area (Å²) in [7, 11) is 0. The lowest BCUT2D eigenvalue weighted by atomic mass is 9.71. The Morgan fingerprint density at radius 1 is 1.34 bits per heavy atom. The molecule has 1 N–H and O–H groups in total. The minimum Gasteiger partial charge on any atom is -0.360 e. The van der Waals surface area contributed by atoms with Crippen molar-refractivity contribution in [1.82, 2.24) is 14.9 Å². The number of nitrogens with zero attached hydrogens (tertiary/aromatic N) is 3. The number of fused-ring (bicyclic) bond motifs is 1. The first-order chi connectivity index (χ1) is 13.8. The lowest BCUT2D eigenvalue weighted by Gasteiger charge is -2.33. The fraction of sp³-hybridized carbons (Fsp3) is 0.409. The van der Waals surface area contributed by atoms with Crippen molar-refractivity contribution in [2.24, 2.45) is 11.3 Å². The molecule has 3 aromatic rings. The monoisotopic (exact) mass is 396 g/mol. The van der Waals surface area contributed by atoms with Gasteiger partial charge in [-0.15, -0.1) is 0 Å². The number of carbonyl (C=O) groups is 1. The molecule has 4 rings (SSSR count). The second-order valence-corrected chi connectivity index (χ2v) is 8.71. The van der Waals surface area contributed by atoms with Gasteiger partial charge in [0.15, 0.2) is 5.69 Å². The summed E-state index contributed by atoms with van der Waals surface area (Å²) in [5, 5.41) is 11.1. The number of halogens is 1. The summed E-state index contributed by atoms with van der Waals surface area (Å²) >= 11 is 0. The van der Waals surface area contributed by atoms with Crippen LogP contribution in [0.2, 0.25) is 0 Å². The number of anilines is 1. The minimum atomic E-state index is -0.310. The highest BCUT2D eigenvalue weighted by Crippen LogP contribution is 2.38. The van der Waals surface area contributed by atoms with E-state index in [-0.39, 0.29) is 23.7 Å². The third kappa shape index (κ3) is 4.09. The van der Waals surface area contributed by atoms with E-state index in [0.717, 1.165) is 30.6 Å². The quantitative estimate of drug-likeness (QED) is 0.707. The smallest absolute Gasteiger partial charge is 0.278 e. The molecule has 1 atom stereocenters. The Bertz CT molecular complexity index is 1030. The van der Waals surface area contributed by atoms with Crippen molar-refractivity contribution >= 4 is 11.6 Å². The molecule has 1 amide bonds. The summed E-state index contributed by atoms with van der Waals surface area (Å²) in [6, 6.07) is 6.56. The lowest BCUT2D eigenvalue weighted by Crippen LogP contribution is -2.27. The van der Waals surface area contributed by atoms with Crippen LogP contribution in [-0.4, -0.2) is 20.8 Å². The Morgan fingerprint density at radius 3 is 2.90 bits per heavy atom. The van der Waals surface area contributed by atoms with Gasteiger partial charge in [0.25, 0.3) is 5.91 Å². The predicted molar refractivity (Wildman–Crippen MR) is 107 cm³/mol. The lowest BCUT2D eigenvalue weighted by molar-refractivity contribution is 0.101. The fourth-order valence-electron chi connectivity index (χ4n) is 3.83. The molecule has 2 aromatic heterocycles. The average molecular weight is 396 g/mol. The molecule has 1 aliphatic carbocycles. The van der Waals surface area contributed by atoms with Gasteiger partial charge in [-0.05, 0) is 30.2 Å². The first-order valence-corrected chi connectivity index (χ1v) is 9.86. The van der Waals surface area contributed by atoms with Crippen LogP contribution in [0.1, 0.15) is 54.6 Å². The van der Waals surface area contributed by atoms with Crippen LogP contribution in [0.4, 0.5) is 10.1 Å². The summed E-state index contributed by atoms with van der Waals surface area (Å²) in [6.07, 6.45) is 5.85. The van der Waals surface area contributed by atoms with E-state index in [1.165, 1.54) is 6.07 Å². The van der Waals surface area contributed by atoms with E-state index in [4.69, 9.17) is 4.52 Å². The Balaban J connectivity index is 1.47. The molecule has 0 saturated heterocycles. The van der Waals surface area contributed by atoms with Gasteiger partial charge in [-0.2, -0.15) is 5.10 Å². The normalized spacial score (nSPS) is 16.5. The summed E-state index contributed by atoms with van der Waals surface area (Å²) < 4.78 is 20.8. The number of aryl methyl sites for hydroxylation is 1. The first-order valence-electron chi connectivity index (χ1n) is 9.86. The highest BCUT2D eigenvalue weighted by Gasteiger charge is 2.34. The molecule has 0 fully saturated rings. The van der Waals surface area contributed by atoms with Crippen molar-refractivity contribution in [2.75, 3.05) is 5.32 Å². The van der Waals surface area contributed by atoms with Gasteiger partial charge in [-0.3, -0.25) is 9.48 Å². The number of nitrogens with one attached hydrogen (secondary N) is 1. The van der Waals surface area contributed by atoms with Crippen LogP contribution in [0.5, 0.6) is 0 Å². The molecular weight excluding hydrogens is 371 g/mol. The minimum absolute atomic E-state index is 0.163. The van der Waals surface area contributed by atoms with E-state index in [1.54, 1.807) is 35.3 Å². The van der Waals surface area contributed by atoms with E-state index < -0.39 is 0 Å². The second kappa shape index (κ2) is 7.46. The molecule has 1 aromatic carbocycles. The maximum atomic E-state index is 13.8. The molecule has 2 heterocycles. The number of aromatic nitrogens is 3. The van der Waals surface area contributed by atoms with Crippen molar-refractivity contribution in [3.63, 3.8) is 0 Å². The average Bonchev–Trinajstić information content (AvgIpc) is 3.29. The third-order valence-corrected chi connectivity index (χ3v) is 5.66. The SMILES string of the molecule is CC(C)(C)C1CCc2onc(C(=O)Nc3cnn(Cc4ccccc4F)c3)c2C1. The zero-order valence-electron chi connectivity index (χ0n) is 16.9. The Kier molecular flexibility index (Phi) is 4.98. The first kappa shape index (κ1) is 19.4. The van der Waals surface area contributed by atoms with E-state index >= 15 is 0 Å². The Hall–Kier alpha value is -2.96. The van der Waals surface area contributed by atoms with E-state index in [2.05, 4.69) is 36.3 Å². The van der Waals surface area contributed by atoms with Crippen molar-refractivity contribution < 1.29 is 13.7 Å². The topological polar surface area (TPSA) is 73.0 Å². The number of hydrogen-bond donors (Lipinski definition) is 1. The van der Waals surface area contributed by atoms with Gasteiger partial charge >= 0.3 is 0 Å². The van der Waals surface area contributed by atoms with Crippen LogP contribution in [0.3, 0.4) is 0 Å². The van der Waals surface area contributed by atoms with E-state index in [0.29, 0.717) is 22.9 Å². The molecule has 0 radical (unpaired) electrons. The molecule has 6 nitrogen and oxygen atoms in total. The zero-order valence-corrected chi connectivity index (χ0v) is 16.9. The number of hydrogen-bond acceptors (Lipinski definition) is 4. The van der Waals surface area contributed by atoms with E-state index in [9.17, 15) is 9.18 Å². The highest BCUT2D eigenvalue weighted by molar-refractivity contribution is 6.03. The summed E-state index contributed by atoms with van der Waals surface area (Å²) in [5.41, 5.74) is 2.48. The molecule has 1 aliphatic rings. The second-order valence-electron chi connectivity index (χ2n) is 8.71. The predicted octanol–water partition coefficient (Wildman–Crippen LogP) is 4.46. The zero-order chi connectivity index (χ0) is 20.6. The maximum Gasteiger partial charge on any atom is 0.278 e. The summed E-state index contributed by atoms with van der Waals surface area (Å²) in [6.45, 7) is 6.95. The molecule has 7 heteroatoms. The van der Waals surface area contributed by atoms with Gasteiger partial charge in [0, 0.05) is 23.7 Å². The van der Waals surface area contributed by atoms with Crippen LogP contribution in [0.15, 0.2) is 41.2 Å². The molecule has 0 bridgehead atoms. The molecule has 0 saturated carbocycles. The number of rotatable bonds is 4. The molecule has 0 aliphatic heterocycles. The van der Waals surface area contributed by atoms with Crippen LogP contribution >= 0.6 is 0 Å². The Morgan fingerprint density at radius 2 is 2.14 bits per heavy atom. The number of benzene rings is 1. The van der Waals surface area contributed by atoms with Crippen LogP contribution in [-0.2, 0) is 19.4 Å². The van der Waals surface area contributed by atoms with Crippen molar-refractivity contribution in [2.45, 2.75) is 46.6 Å². The van der Waals surface area contributed by atoms with Crippen LogP contribution in [0.25, 0.3) is 0 Å². The van der Waals surface area contributed by atoms with Crippen LogP contribution in [0, 0.1) is 17.2 Å². The standard InChI is InChI=1S/C22H25FN4O2/c1-22(2,3)15-8-9-19-17(10-15)20(26-29-19)21(28)25-16-11-24-27(13-16)12-14-6-4-5-7-18(14)23/h4-7,11,13,15H,8-10,12H2,1-3H3,(H,25,28). The number of amides is 1. The summed E-state index contributed by atoms with van der Waals surface area (Å²) in [5.74, 6) is 0.696. The Labute approximate surface area is 169 Å². The van der Waals surface area contributed by atoms with Crippen LogP contribution < -0.4 is 5.32 Å². The van der Waals surface area contributed by atoms with Gasteiger partial charge < -0.3 is 9.84 Å². The van der Waals surface area contributed by atoms with Gasteiger partial charge in [0.1, 0.15) is 11.6 Å². The van der Waals surface area contributed by atoms with Gasteiger partial charge in [-0.25, -0.2) is 4.39 Å². The van der Waals surface area contributed by atoms with Gasteiger partial charge in [0.2, 0.25) is 0 Å². The largest absolute Gasteiger partial charge is 0.360 e. The molecule has 1 unspecified atom stereocenters. The molecule has 152 valence electrons. The van der Waals surface area contributed by atoms with Crippen molar-refractivity contribution in [1.29, 1.82) is 0 Å². The van der Waals surface area contributed by atoms with E-state index in [1.807, 2.05) is 0 Å². The molecule has 29 heavy (non-hydrogen) atoms. The van der Waals surface area contributed by atoms with Gasteiger partial charge in [-0.1, -0.05) is 44.1 Å². The maximum absolute atomic E-state index is 13.8. The molecular formula is C22H25FN4O2.